The number of amides is 1. The molecule has 0 spiro atoms. The fourth-order valence-corrected chi connectivity index (χ4v) is 2.41. The Morgan fingerprint density at radius 1 is 0.964 bits per heavy atom. The number of carbonyl (C=O) groups is 1. The molecule has 0 atom stereocenters. The van der Waals surface area contributed by atoms with Gasteiger partial charge in [-0.15, -0.1) is 0 Å². The second-order valence-electron chi connectivity index (χ2n) is 5.94. The van der Waals surface area contributed by atoms with Gasteiger partial charge in [-0.25, -0.2) is 4.99 Å². The van der Waals surface area contributed by atoms with Crippen LogP contribution in [0, 0.1) is 0 Å². The van der Waals surface area contributed by atoms with Crippen LogP contribution < -0.4 is 16.0 Å². The molecule has 0 bridgehead atoms. The van der Waals surface area contributed by atoms with E-state index in [4.69, 9.17) is 0 Å². The van der Waals surface area contributed by atoms with Crippen molar-refractivity contribution >= 4 is 11.9 Å². The van der Waals surface area contributed by atoms with Gasteiger partial charge in [-0.1, -0.05) is 30.3 Å². The molecule has 150 valence electrons. The monoisotopic (exact) mass is 392 g/mol. The molecule has 2 rings (SSSR count). The van der Waals surface area contributed by atoms with E-state index in [0.717, 1.165) is 12.1 Å². The van der Waals surface area contributed by atoms with Gasteiger partial charge in [0.25, 0.3) is 5.91 Å². The number of guanidine groups is 1. The number of alkyl halides is 3. The lowest BCUT2D eigenvalue weighted by Crippen LogP contribution is -2.41. The molecule has 0 unspecified atom stereocenters. The third-order valence-corrected chi connectivity index (χ3v) is 3.76. The first-order chi connectivity index (χ1) is 13.4. The summed E-state index contributed by atoms with van der Waals surface area (Å²) in [6.45, 7) is 3.40. The molecule has 0 saturated heterocycles. The Bertz CT molecular complexity index is 792. The maximum atomic E-state index is 12.8. The van der Waals surface area contributed by atoms with Crippen LogP contribution in [-0.4, -0.2) is 31.5 Å². The minimum atomic E-state index is -4.38. The van der Waals surface area contributed by atoms with Gasteiger partial charge < -0.3 is 16.0 Å². The number of aliphatic imine (C=N–C) groups is 1. The zero-order valence-corrected chi connectivity index (χ0v) is 15.5. The SMILES string of the molecule is CCNC(=NCc1cccc(C(F)(F)F)c1)NCCNC(=O)c1ccccc1. The summed E-state index contributed by atoms with van der Waals surface area (Å²) in [6, 6.07) is 14.0. The number of hydrogen-bond acceptors (Lipinski definition) is 2. The molecular formula is C20H23F3N4O. The predicted octanol–water partition coefficient (Wildman–Crippen LogP) is 3.19. The Balaban J connectivity index is 1.86. The van der Waals surface area contributed by atoms with Gasteiger partial charge in [-0.05, 0) is 36.8 Å². The number of hydrogen-bond donors (Lipinski definition) is 3. The van der Waals surface area contributed by atoms with Crippen molar-refractivity contribution in [3.05, 3.63) is 71.3 Å². The molecule has 28 heavy (non-hydrogen) atoms. The number of halogens is 3. The van der Waals surface area contributed by atoms with E-state index in [-0.39, 0.29) is 12.5 Å². The van der Waals surface area contributed by atoms with Crippen LogP contribution in [0.3, 0.4) is 0 Å². The molecule has 0 aromatic heterocycles. The molecular weight excluding hydrogens is 369 g/mol. The van der Waals surface area contributed by atoms with E-state index in [9.17, 15) is 18.0 Å². The number of nitrogens with zero attached hydrogens (tertiary/aromatic N) is 1. The summed E-state index contributed by atoms with van der Waals surface area (Å²) in [5, 5.41) is 8.85. The molecule has 0 aliphatic carbocycles. The summed E-state index contributed by atoms with van der Waals surface area (Å²) in [7, 11) is 0. The molecule has 2 aromatic carbocycles. The highest BCUT2D eigenvalue weighted by molar-refractivity contribution is 5.94. The third-order valence-electron chi connectivity index (χ3n) is 3.76. The Hall–Kier alpha value is -3.03. The molecule has 3 N–H and O–H groups in total. The van der Waals surface area contributed by atoms with E-state index >= 15 is 0 Å². The number of carbonyl (C=O) groups excluding carboxylic acids is 1. The lowest BCUT2D eigenvalue weighted by atomic mass is 10.1. The average molecular weight is 392 g/mol. The molecule has 2 aromatic rings. The van der Waals surface area contributed by atoms with Crippen molar-refractivity contribution in [3.8, 4) is 0 Å². The lowest BCUT2D eigenvalue weighted by molar-refractivity contribution is -0.137. The maximum absolute atomic E-state index is 12.8. The largest absolute Gasteiger partial charge is 0.416 e. The summed E-state index contributed by atoms with van der Waals surface area (Å²) in [5.41, 5.74) is 0.346. The first-order valence-electron chi connectivity index (χ1n) is 8.91. The molecule has 0 fully saturated rings. The molecule has 5 nitrogen and oxygen atoms in total. The molecule has 0 aliphatic heterocycles. The first kappa shape index (κ1) is 21.3. The molecule has 1 amide bonds. The summed E-state index contributed by atoms with van der Waals surface area (Å²) >= 11 is 0. The topological polar surface area (TPSA) is 65.5 Å². The van der Waals surface area contributed by atoms with E-state index in [1.807, 2.05) is 13.0 Å². The van der Waals surface area contributed by atoms with Crippen LogP contribution in [-0.2, 0) is 12.7 Å². The van der Waals surface area contributed by atoms with Gasteiger partial charge in [0.1, 0.15) is 0 Å². The van der Waals surface area contributed by atoms with E-state index in [1.54, 1.807) is 30.3 Å². The summed E-state index contributed by atoms with van der Waals surface area (Å²) in [4.78, 5) is 16.3. The van der Waals surface area contributed by atoms with E-state index in [2.05, 4.69) is 20.9 Å². The Kier molecular flexibility index (Phi) is 7.86. The van der Waals surface area contributed by atoms with Crippen LogP contribution in [0.25, 0.3) is 0 Å². The van der Waals surface area contributed by atoms with Gasteiger partial charge in [-0.2, -0.15) is 13.2 Å². The number of rotatable bonds is 7. The van der Waals surface area contributed by atoms with Crippen molar-refractivity contribution in [2.24, 2.45) is 4.99 Å². The van der Waals surface area contributed by atoms with E-state index < -0.39 is 11.7 Å². The van der Waals surface area contributed by atoms with Gasteiger partial charge in [0.15, 0.2) is 5.96 Å². The summed E-state index contributed by atoms with van der Waals surface area (Å²) in [6.07, 6.45) is -4.38. The minimum absolute atomic E-state index is 0.107. The van der Waals surface area contributed by atoms with E-state index in [1.165, 1.54) is 6.07 Å². The fraction of sp³-hybridized carbons (Fsp3) is 0.300. The normalized spacial score (nSPS) is 11.8. The quantitative estimate of drug-likeness (QED) is 0.385. The lowest BCUT2D eigenvalue weighted by Gasteiger charge is -2.12. The van der Waals surface area contributed by atoms with Crippen LogP contribution in [0.2, 0.25) is 0 Å². The van der Waals surface area contributed by atoms with Crippen LogP contribution in [0.1, 0.15) is 28.4 Å². The van der Waals surface area contributed by atoms with Gasteiger partial charge in [0.05, 0.1) is 12.1 Å². The highest BCUT2D eigenvalue weighted by Gasteiger charge is 2.30. The van der Waals surface area contributed by atoms with E-state index in [0.29, 0.717) is 36.7 Å². The highest BCUT2D eigenvalue weighted by atomic mass is 19.4. The van der Waals surface area contributed by atoms with Crippen LogP contribution in [0.15, 0.2) is 59.6 Å². The number of benzene rings is 2. The predicted molar refractivity (Wildman–Crippen MR) is 103 cm³/mol. The van der Waals surface area contributed by atoms with Crippen LogP contribution in [0.5, 0.6) is 0 Å². The minimum Gasteiger partial charge on any atom is -0.357 e. The van der Waals surface area contributed by atoms with Gasteiger partial charge >= 0.3 is 6.18 Å². The van der Waals surface area contributed by atoms with Crippen molar-refractivity contribution in [1.82, 2.24) is 16.0 Å². The van der Waals surface area contributed by atoms with Gasteiger partial charge in [-0.3, -0.25) is 4.79 Å². The van der Waals surface area contributed by atoms with Crippen LogP contribution >= 0.6 is 0 Å². The van der Waals surface area contributed by atoms with Gasteiger partial charge in [0, 0.05) is 25.2 Å². The number of nitrogens with one attached hydrogen (secondary N) is 3. The molecule has 0 saturated carbocycles. The first-order valence-corrected chi connectivity index (χ1v) is 8.91. The molecule has 8 heteroatoms. The summed E-state index contributed by atoms with van der Waals surface area (Å²) in [5.74, 6) is 0.294. The average Bonchev–Trinajstić information content (AvgIpc) is 2.69. The smallest absolute Gasteiger partial charge is 0.357 e. The standard InChI is InChI=1S/C20H23F3N4O/c1-2-24-19(26-12-11-25-18(28)16-8-4-3-5-9-16)27-14-15-7-6-10-17(13-15)20(21,22)23/h3-10,13H,2,11-12,14H2,1H3,(H,25,28)(H2,24,26,27). The van der Waals surface area contributed by atoms with Crippen molar-refractivity contribution in [3.63, 3.8) is 0 Å². The maximum Gasteiger partial charge on any atom is 0.416 e. The third kappa shape index (κ3) is 6.94. The molecule has 0 heterocycles. The van der Waals surface area contributed by atoms with Crippen molar-refractivity contribution in [2.45, 2.75) is 19.6 Å². The van der Waals surface area contributed by atoms with Gasteiger partial charge in [0.2, 0.25) is 0 Å². The Morgan fingerprint density at radius 2 is 1.68 bits per heavy atom. The zero-order chi connectivity index (χ0) is 20.4. The Morgan fingerprint density at radius 3 is 2.36 bits per heavy atom. The molecule has 0 aliphatic rings. The zero-order valence-electron chi connectivity index (χ0n) is 15.5. The van der Waals surface area contributed by atoms with Crippen molar-refractivity contribution < 1.29 is 18.0 Å². The summed E-state index contributed by atoms with van der Waals surface area (Å²) < 4.78 is 38.4. The second-order valence-corrected chi connectivity index (χ2v) is 5.94. The molecule has 0 radical (unpaired) electrons. The van der Waals surface area contributed by atoms with Crippen LogP contribution in [0.4, 0.5) is 13.2 Å². The highest BCUT2D eigenvalue weighted by Crippen LogP contribution is 2.29. The fourth-order valence-electron chi connectivity index (χ4n) is 2.41. The second kappa shape index (κ2) is 10.3. The Labute approximate surface area is 162 Å². The van der Waals surface area contributed by atoms with Crippen molar-refractivity contribution in [1.29, 1.82) is 0 Å². The van der Waals surface area contributed by atoms with Crippen molar-refractivity contribution in [2.75, 3.05) is 19.6 Å².